The van der Waals surface area contributed by atoms with Crippen molar-refractivity contribution >= 4 is 21.6 Å². The van der Waals surface area contributed by atoms with E-state index in [0.717, 1.165) is 16.0 Å². The average Bonchev–Trinajstić information content (AvgIpc) is 3.17. The summed E-state index contributed by atoms with van der Waals surface area (Å²) in [6, 6.07) is 14.9. The zero-order chi connectivity index (χ0) is 15.8. The van der Waals surface area contributed by atoms with Crippen molar-refractivity contribution in [1.29, 1.82) is 0 Å². The van der Waals surface area contributed by atoms with Crippen molar-refractivity contribution in [3.63, 3.8) is 0 Å². The number of fused-ring (bicyclic) bond motifs is 1. The van der Waals surface area contributed by atoms with Gasteiger partial charge in [0.25, 0.3) is 5.69 Å². The van der Waals surface area contributed by atoms with Gasteiger partial charge < -0.3 is 14.4 Å². The smallest absolute Gasteiger partial charge is 0.299 e. The minimum atomic E-state index is -0.514. The van der Waals surface area contributed by atoms with Gasteiger partial charge in [0, 0.05) is 12.1 Å². The molecule has 0 aliphatic carbocycles. The zero-order valence-corrected chi connectivity index (χ0v) is 12.9. The Morgan fingerprint density at radius 3 is 2.65 bits per heavy atom. The van der Waals surface area contributed by atoms with E-state index in [1.165, 1.54) is 16.0 Å². The van der Waals surface area contributed by atoms with Crippen LogP contribution in [0.4, 0.5) is 0 Å². The summed E-state index contributed by atoms with van der Waals surface area (Å²) >= 11 is 1.43. The van der Waals surface area contributed by atoms with E-state index >= 15 is 0 Å². The van der Waals surface area contributed by atoms with Crippen molar-refractivity contribution < 1.29 is 19.0 Å². The minimum absolute atomic E-state index is 0.316. The highest BCUT2D eigenvalue weighted by atomic mass is 32.1. The van der Waals surface area contributed by atoms with Crippen LogP contribution in [-0.4, -0.2) is 17.4 Å². The first-order chi connectivity index (χ1) is 11.3. The van der Waals surface area contributed by atoms with Crippen LogP contribution in [0.5, 0.6) is 11.7 Å². The van der Waals surface area contributed by atoms with Crippen LogP contribution in [0.2, 0.25) is 0 Å². The Labute approximate surface area is 135 Å². The Balaban J connectivity index is 1.86. The molecule has 0 fully saturated rings. The summed E-state index contributed by atoms with van der Waals surface area (Å²) in [5, 5.41) is 16.5. The first kappa shape index (κ1) is 13.7. The van der Waals surface area contributed by atoms with Crippen molar-refractivity contribution in [1.82, 2.24) is 10.3 Å². The van der Waals surface area contributed by atoms with Crippen LogP contribution >= 0.6 is 11.3 Å². The Morgan fingerprint density at radius 2 is 1.91 bits per heavy atom. The molecule has 0 saturated carbocycles. The summed E-state index contributed by atoms with van der Waals surface area (Å²) in [7, 11) is 1.60. The van der Waals surface area contributed by atoms with E-state index in [1.807, 2.05) is 24.3 Å². The predicted octanol–water partition coefficient (Wildman–Crippen LogP) is 2.31. The lowest BCUT2D eigenvalue weighted by Gasteiger charge is -1.98. The molecular weight excluding hydrogens is 314 g/mol. The van der Waals surface area contributed by atoms with Crippen molar-refractivity contribution in [2.24, 2.45) is 0 Å². The molecule has 0 aliphatic heterocycles. The summed E-state index contributed by atoms with van der Waals surface area (Å²) in [6.45, 7) is 0. The van der Waals surface area contributed by atoms with E-state index < -0.39 is 5.95 Å². The van der Waals surface area contributed by atoms with Gasteiger partial charge in [-0.05, 0) is 28.9 Å². The SMILES string of the molecule is COc1ccc(-[n+]2noc([O-])c2-c2nc3ccccc3s2)cc1. The molecule has 7 heteroatoms. The van der Waals surface area contributed by atoms with Gasteiger partial charge in [-0.3, -0.25) is 0 Å². The third-order valence-electron chi connectivity index (χ3n) is 3.42. The monoisotopic (exact) mass is 325 g/mol. The van der Waals surface area contributed by atoms with Crippen molar-refractivity contribution in [2.45, 2.75) is 0 Å². The molecule has 2 heterocycles. The molecule has 114 valence electrons. The van der Waals surface area contributed by atoms with Crippen LogP contribution in [0, 0.1) is 0 Å². The number of para-hydroxylation sites is 1. The van der Waals surface area contributed by atoms with Gasteiger partial charge >= 0.3 is 0 Å². The summed E-state index contributed by atoms with van der Waals surface area (Å²) in [5.41, 5.74) is 1.86. The van der Waals surface area contributed by atoms with Crippen LogP contribution < -0.4 is 14.5 Å². The Hall–Kier alpha value is -2.93. The molecule has 0 unspecified atom stereocenters. The second-order valence-electron chi connectivity index (χ2n) is 4.81. The fourth-order valence-corrected chi connectivity index (χ4v) is 3.28. The van der Waals surface area contributed by atoms with E-state index in [9.17, 15) is 5.11 Å². The largest absolute Gasteiger partial charge is 0.539 e. The molecule has 23 heavy (non-hydrogen) atoms. The minimum Gasteiger partial charge on any atom is -0.539 e. The summed E-state index contributed by atoms with van der Waals surface area (Å²) in [4.78, 5) is 4.51. The van der Waals surface area contributed by atoms with E-state index in [0.29, 0.717) is 16.4 Å². The molecule has 0 N–H and O–H groups in total. The van der Waals surface area contributed by atoms with Crippen molar-refractivity contribution in [2.75, 3.05) is 7.11 Å². The summed E-state index contributed by atoms with van der Waals surface area (Å²) in [6.07, 6.45) is 0. The molecule has 2 aromatic heterocycles. The number of methoxy groups -OCH3 is 1. The van der Waals surface area contributed by atoms with Crippen LogP contribution in [-0.2, 0) is 0 Å². The fraction of sp³-hybridized carbons (Fsp3) is 0.0625. The van der Waals surface area contributed by atoms with Crippen LogP contribution in [0.3, 0.4) is 0 Å². The van der Waals surface area contributed by atoms with Crippen LogP contribution in [0.25, 0.3) is 26.6 Å². The third kappa shape index (κ3) is 2.31. The molecular formula is C16H11N3O3S. The van der Waals surface area contributed by atoms with E-state index in [-0.39, 0.29) is 0 Å². The van der Waals surface area contributed by atoms with Crippen molar-refractivity contribution in [3.05, 3.63) is 48.5 Å². The second-order valence-corrected chi connectivity index (χ2v) is 5.84. The Kier molecular flexibility index (Phi) is 3.20. The normalized spacial score (nSPS) is 11.0. The zero-order valence-electron chi connectivity index (χ0n) is 12.1. The summed E-state index contributed by atoms with van der Waals surface area (Å²) in [5.74, 6) is 0.210. The fourth-order valence-electron chi connectivity index (χ4n) is 2.30. The Morgan fingerprint density at radius 1 is 1.13 bits per heavy atom. The van der Waals surface area contributed by atoms with E-state index in [4.69, 9.17) is 9.26 Å². The molecule has 0 radical (unpaired) electrons. The van der Waals surface area contributed by atoms with Gasteiger partial charge in [-0.1, -0.05) is 12.1 Å². The lowest BCUT2D eigenvalue weighted by atomic mass is 10.3. The number of benzene rings is 2. The molecule has 0 spiro atoms. The Bertz CT molecular complexity index is 943. The molecule has 2 aromatic carbocycles. The van der Waals surface area contributed by atoms with E-state index in [2.05, 4.69) is 10.3 Å². The first-order valence-electron chi connectivity index (χ1n) is 6.85. The number of thiazole rings is 1. The quantitative estimate of drug-likeness (QED) is 0.540. The molecule has 4 aromatic rings. The standard InChI is InChI=1S/C16H11N3O3S/c1-21-11-8-6-10(7-9-11)19-14(16(20)22-18-19)15-17-12-4-2-3-5-13(12)23-15/h2-9H,1H3. The molecule has 6 nitrogen and oxygen atoms in total. The molecule has 0 bridgehead atoms. The predicted molar refractivity (Wildman–Crippen MR) is 82.6 cm³/mol. The van der Waals surface area contributed by atoms with Gasteiger partial charge in [0.15, 0.2) is 11.0 Å². The number of hydrogen-bond donors (Lipinski definition) is 0. The highest BCUT2D eigenvalue weighted by Gasteiger charge is 2.25. The molecule has 0 atom stereocenters. The van der Waals surface area contributed by atoms with Gasteiger partial charge in [0.05, 0.1) is 22.6 Å². The second kappa shape index (κ2) is 5.36. The van der Waals surface area contributed by atoms with Crippen molar-refractivity contribution in [3.8, 4) is 28.1 Å². The highest BCUT2D eigenvalue weighted by molar-refractivity contribution is 7.21. The van der Waals surface area contributed by atoms with Gasteiger partial charge in [-0.2, -0.15) is 0 Å². The van der Waals surface area contributed by atoms with Gasteiger partial charge in [0.1, 0.15) is 5.75 Å². The maximum absolute atomic E-state index is 12.1. The third-order valence-corrected chi connectivity index (χ3v) is 4.47. The number of hydrogen-bond acceptors (Lipinski definition) is 6. The number of aromatic nitrogens is 3. The molecule has 0 saturated heterocycles. The van der Waals surface area contributed by atoms with Gasteiger partial charge in [0.2, 0.25) is 5.69 Å². The molecule has 0 aliphatic rings. The van der Waals surface area contributed by atoms with Gasteiger partial charge in [-0.15, -0.1) is 11.3 Å². The maximum atomic E-state index is 12.1. The number of nitrogens with zero attached hydrogens (tertiary/aromatic N) is 3. The maximum Gasteiger partial charge on any atom is 0.299 e. The lowest BCUT2D eigenvalue weighted by Crippen LogP contribution is -2.34. The van der Waals surface area contributed by atoms with Crippen LogP contribution in [0.1, 0.15) is 0 Å². The molecule has 0 amide bonds. The first-order valence-corrected chi connectivity index (χ1v) is 7.67. The average molecular weight is 325 g/mol. The summed E-state index contributed by atoms with van der Waals surface area (Å²) < 4.78 is 12.5. The van der Waals surface area contributed by atoms with Crippen LogP contribution in [0.15, 0.2) is 53.1 Å². The topological polar surface area (TPSA) is 75.1 Å². The van der Waals surface area contributed by atoms with E-state index in [1.54, 1.807) is 31.4 Å². The number of rotatable bonds is 3. The lowest BCUT2D eigenvalue weighted by molar-refractivity contribution is -0.660. The molecule has 4 rings (SSSR count). The number of ether oxygens (including phenoxy) is 1. The highest BCUT2D eigenvalue weighted by Crippen LogP contribution is 2.32. The van der Waals surface area contributed by atoms with Gasteiger partial charge in [-0.25, -0.2) is 4.98 Å².